The van der Waals surface area contributed by atoms with Crippen LogP contribution in [0.3, 0.4) is 0 Å². The summed E-state index contributed by atoms with van der Waals surface area (Å²) in [5, 5.41) is 0. The molecule has 3 aromatic rings. The summed E-state index contributed by atoms with van der Waals surface area (Å²) >= 11 is 0. The number of aromatic nitrogens is 2. The van der Waals surface area contributed by atoms with E-state index in [0.717, 1.165) is 18.5 Å². The molecule has 0 N–H and O–H groups in total. The average Bonchev–Trinajstić information content (AvgIpc) is 3.19. The Morgan fingerprint density at radius 3 is 1.66 bits per heavy atom. The smallest absolute Gasteiger partial charge is 1.00 e. The molecule has 0 aliphatic heterocycles. The van der Waals surface area contributed by atoms with E-state index in [9.17, 15) is 0 Å². The molecule has 0 aliphatic carbocycles. The van der Waals surface area contributed by atoms with Gasteiger partial charge in [0.2, 0.25) is 0 Å². The number of hydrogen-bond donors (Lipinski definition) is 0. The molecule has 0 atom stereocenters. The van der Waals surface area contributed by atoms with Gasteiger partial charge in [0.1, 0.15) is 5.82 Å². The van der Waals surface area contributed by atoms with E-state index >= 15 is 0 Å². The van der Waals surface area contributed by atoms with Crippen LogP contribution in [-0.2, 0) is 13.0 Å². The fraction of sp³-hybridized carbons (Fsp3) is 0.581. The number of rotatable bonds is 18. The topological polar surface area (TPSA) is 17.8 Å². The Labute approximate surface area is 262 Å². The first-order valence-electron chi connectivity index (χ1n) is 13.9. The summed E-state index contributed by atoms with van der Waals surface area (Å²) in [6, 6.07) is 19.4. The van der Waals surface area contributed by atoms with Crippen LogP contribution in [0.15, 0.2) is 54.6 Å². The predicted molar refractivity (Wildman–Crippen MR) is 146 cm³/mol. The summed E-state index contributed by atoms with van der Waals surface area (Å²) < 4.78 is 2.43. The minimum absolute atomic E-state index is 0. The van der Waals surface area contributed by atoms with Gasteiger partial charge in [0, 0.05) is 13.0 Å². The van der Waals surface area contributed by atoms with Crippen LogP contribution in [0, 0.1) is 0 Å². The number of fused-ring (bicyclic) bond motifs is 1. The summed E-state index contributed by atoms with van der Waals surface area (Å²) in [6.45, 7) is 3.21. The second-order valence-corrected chi connectivity index (χ2v) is 9.79. The Morgan fingerprint density at radius 2 is 1.09 bits per heavy atom. The zero-order chi connectivity index (χ0) is 23.0. The maximum absolute atomic E-state index is 4.98. The minimum Gasteiger partial charge on any atom is -1.00 e. The van der Waals surface area contributed by atoms with Gasteiger partial charge >= 0.3 is 59.1 Å². The number of unbranched alkanes of at least 4 members (excludes halogenated alkanes) is 14. The van der Waals surface area contributed by atoms with Crippen molar-refractivity contribution in [2.75, 3.05) is 0 Å². The first-order chi connectivity index (χ1) is 16.4. The molecule has 4 heteroatoms. The van der Waals surface area contributed by atoms with Crippen LogP contribution in [0.2, 0.25) is 0 Å². The second-order valence-electron chi connectivity index (χ2n) is 9.79. The first-order valence-corrected chi connectivity index (χ1v) is 13.9. The SMILES string of the molecule is CCCCCCCCCCCCCCCCCc1nc2ccccc2n1Cc1ccccc1.[H-].[H-].[Na+].[Na+]. The third-order valence-corrected chi connectivity index (χ3v) is 6.92. The van der Waals surface area contributed by atoms with E-state index in [-0.39, 0.29) is 62.0 Å². The summed E-state index contributed by atoms with van der Waals surface area (Å²) in [5.74, 6) is 1.25. The number of imidazole rings is 1. The number of aryl methyl sites for hydroxylation is 1. The van der Waals surface area contributed by atoms with E-state index < -0.39 is 0 Å². The molecule has 184 valence electrons. The van der Waals surface area contributed by atoms with Gasteiger partial charge in [0.15, 0.2) is 0 Å². The van der Waals surface area contributed by atoms with Crippen molar-refractivity contribution < 1.29 is 62.0 Å². The van der Waals surface area contributed by atoms with Gasteiger partial charge in [-0.2, -0.15) is 0 Å². The molecule has 0 amide bonds. The molecule has 35 heavy (non-hydrogen) atoms. The minimum atomic E-state index is 0. The summed E-state index contributed by atoms with van der Waals surface area (Å²) in [7, 11) is 0. The Morgan fingerprint density at radius 1 is 0.600 bits per heavy atom. The summed E-state index contributed by atoms with van der Waals surface area (Å²) in [4.78, 5) is 4.98. The molecule has 0 saturated carbocycles. The zero-order valence-corrected chi connectivity index (χ0v) is 27.1. The van der Waals surface area contributed by atoms with Crippen molar-refractivity contribution in [3.63, 3.8) is 0 Å². The molecule has 0 radical (unpaired) electrons. The van der Waals surface area contributed by atoms with E-state index in [4.69, 9.17) is 4.98 Å². The predicted octanol–water partition coefficient (Wildman–Crippen LogP) is 3.73. The van der Waals surface area contributed by atoms with Gasteiger partial charge in [-0.3, -0.25) is 0 Å². The normalized spacial score (nSPS) is 10.8. The largest absolute Gasteiger partial charge is 1.00 e. The van der Waals surface area contributed by atoms with Gasteiger partial charge < -0.3 is 7.42 Å². The fourth-order valence-corrected chi connectivity index (χ4v) is 4.91. The molecule has 2 aromatic carbocycles. The Bertz CT molecular complexity index is 903. The van der Waals surface area contributed by atoms with Crippen molar-refractivity contribution in [2.24, 2.45) is 0 Å². The summed E-state index contributed by atoms with van der Waals surface area (Å²) in [5.41, 5.74) is 3.74. The van der Waals surface area contributed by atoms with E-state index in [1.165, 1.54) is 113 Å². The maximum atomic E-state index is 4.98. The molecule has 0 spiro atoms. The van der Waals surface area contributed by atoms with Crippen molar-refractivity contribution in [3.05, 3.63) is 66.0 Å². The van der Waals surface area contributed by atoms with Crippen LogP contribution in [0.25, 0.3) is 11.0 Å². The molecular formula is C31H48N2Na2. The van der Waals surface area contributed by atoms with Crippen LogP contribution in [-0.4, -0.2) is 9.55 Å². The number of para-hydroxylation sites is 2. The molecule has 0 unspecified atom stereocenters. The van der Waals surface area contributed by atoms with E-state index in [0.29, 0.717) is 0 Å². The Hall–Kier alpha value is -0.0900. The quantitative estimate of drug-likeness (QED) is 0.195. The van der Waals surface area contributed by atoms with Crippen LogP contribution in [0.5, 0.6) is 0 Å². The van der Waals surface area contributed by atoms with E-state index in [1.54, 1.807) is 0 Å². The third-order valence-electron chi connectivity index (χ3n) is 6.92. The molecular weight excluding hydrogens is 446 g/mol. The molecule has 1 aromatic heterocycles. The van der Waals surface area contributed by atoms with Crippen molar-refractivity contribution in [1.29, 1.82) is 0 Å². The molecule has 0 saturated heterocycles. The zero-order valence-electron chi connectivity index (χ0n) is 25.1. The van der Waals surface area contributed by atoms with Crippen molar-refractivity contribution in [3.8, 4) is 0 Å². The monoisotopic (exact) mass is 494 g/mol. The second kappa shape index (κ2) is 20.9. The van der Waals surface area contributed by atoms with Crippen molar-refractivity contribution in [1.82, 2.24) is 9.55 Å². The standard InChI is InChI=1S/C31H46N2.2Na.2H/c1-2-3-4-5-6-7-8-9-10-11-12-13-14-15-19-26-31-32-29-24-20-21-25-30(29)33(31)27-28-22-17-16-18-23-28;;;;/h16-18,20-25H,2-15,19,26-27H2,1H3;;;;/q;2*+1;2*-1. The van der Waals surface area contributed by atoms with Crippen LogP contribution in [0.4, 0.5) is 0 Å². The van der Waals surface area contributed by atoms with Crippen molar-refractivity contribution >= 4 is 11.0 Å². The van der Waals surface area contributed by atoms with Gasteiger partial charge in [0.25, 0.3) is 0 Å². The molecule has 3 rings (SSSR count). The van der Waals surface area contributed by atoms with Crippen molar-refractivity contribution in [2.45, 2.75) is 116 Å². The van der Waals surface area contributed by atoms with Gasteiger partial charge in [0.05, 0.1) is 11.0 Å². The molecule has 0 bridgehead atoms. The first kappa shape index (κ1) is 32.9. The van der Waals surface area contributed by atoms with Gasteiger partial charge in [-0.1, -0.05) is 139 Å². The van der Waals surface area contributed by atoms with Gasteiger partial charge in [-0.15, -0.1) is 0 Å². The molecule has 1 heterocycles. The van der Waals surface area contributed by atoms with Gasteiger partial charge in [-0.05, 0) is 24.1 Å². The van der Waals surface area contributed by atoms with Crippen LogP contribution in [0.1, 0.15) is 117 Å². The third kappa shape index (κ3) is 12.8. The summed E-state index contributed by atoms with van der Waals surface area (Å²) in [6.07, 6.45) is 22.2. The number of benzene rings is 2. The van der Waals surface area contributed by atoms with E-state index in [2.05, 4.69) is 66.1 Å². The number of hydrogen-bond acceptors (Lipinski definition) is 1. The average molecular weight is 495 g/mol. The fourth-order valence-electron chi connectivity index (χ4n) is 4.91. The number of nitrogens with zero attached hydrogens (tertiary/aromatic N) is 2. The van der Waals surface area contributed by atoms with Gasteiger partial charge in [-0.25, -0.2) is 4.98 Å². The van der Waals surface area contributed by atoms with E-state index in [1.807, 2.05) is 0 Å². The van der Waals surface area contributed by atoms with Crippen LogP contribution < -0.4 is 59.1 Å². The molecule has 0 aliphatic rings. The molecule has 2 nitrogen and oxygen atoms in total. The Kier molecular flexibility index (Phi) is 19.7. The Balaban J connectivity index is 0. The van der Waals surface area contributed by atoms with Crippen LogP contribution >= 0.6 is 0 Å². The maximum Gasteiger partial charge on any atom is 1.00 e. The molecule has 0 fully saturated rings.